The number of carbonyl (C=O) groups is 7. The summed E-state index contributed by atoms with van der Waals surface area (Å²) in [6.07, 6.45) is -64.0. The molecule has 1 aliphatic carbocycles. The van der Waals surface area contributed by atoms with E-state index >= 15 is 0 Å². The molecule has 1 aromatic rings. The highest BCUT2D eigenvalue weighted by Gasteiger charge is 2.61. The van der Waals surface area contributed by atoms with E-state index in [0.717, 1.165) is 71.9 Å². The van der Waals surface area contributed by atoms with Crippen LogP contribution in [0, 0.1) is 41.9 Å². The second-order valence-corrected chi connectivity index (χ2v) is 43.2. The second-order valence-electron chi connectivity index (χ2n) is 40.0. The van der Waals surface area contributed by atoms with E-state index in [2.05, 4.69) is 17.2 Å². The van der Waals surface area contributed by atoms with Gasteiger partial charge in [-0.2, -0.15) is 23.5 Å². The Bertz CT molecular complexity index is 4240. The number of aromatic nitrogens is 1. The summed E-state index contributed by atoms with van der Waals surface area (Å²) in [5, 5.41) is 255. The number of nitrogens with one attached hydrogen (secondary N) is 1. The van der Waals surface area contributed by atoms with Gasteiger partial charge >= 0.3 is 17.9 Å². The molecule has 14 bridgehead atoms. The number of epoxide rings is 1. The lowest BCUT2D eigenvalue weighted by Gasteiger charge is -2.50. The molecule has 0 spiro atoms. The molecule has 1 amide bonds. The highest BCUT2D eigenvalue weighted by Crippen LogP contribution is 2.47. The number of carboxylic acid groups (broad SMARTS) is 2. The number of Topliss-reactive ketones (excluding diaryl/α,β-unsaturated/α-hetero) is 3. The number of amides is 1. The van der Waals surface area contributed by atoms with Crippen LogP contribution in [0.5, 0.6) is 0 Å². The number of thiazole rings is 1. The minimum absolute atomic E-state index is 0.0226. The zero-order valence-corrected chi connectivity index (χ0v) is 85.6. The second kappa shape index (κ2) is 57.3. The van der Waals surface area contributed by atoms with Crippen molar-refractivity contribution in [2.45, 2.75) is 391 Å². The zero-order chi connectivity index (χ0) is 107. The lowest BCUT2D eigenvalue weighted by atomic mass is 9.72. The molecule has 24 rings (SSSR count). The first-order valence-electron chi connectivity index (χ1n) is 49.8. The molecule has 52 heteroatoms. The number of ether oxygens (including phenoxy) is 17. The quantitative estimate of drug-likeness (QED) is 0.0171. The molecule has 49 nitrogen and oxygen atoms in total. The number of thioether (sulfide) groups is 2. The molecule has 22 aliphatic heterocycles. The number of aryl methyl sites for hydroxylation is 1. The van der Waals surface area contributed by atoms with Gasteiger partial charge in [0.25, 0.3) is 0 Å². The van der Waals surface area contributed by atoms with Gasteiger partial charge in [-0.1, -0.05) is 33.6 Å². The van der Waals surface area contributed by atoms with Crippen LogP contribution in [0.15, 0.2) is 11.0 Å². The molecule has 23 aliphatic rings. The van der Waals surface area contributed by atoms with Gasteiger partial charge in [-0.3, -0.25) is 33.6 Å². The van der Waals surface area contributed by atoms with Crippen LogP contribution in [-0.4, -0.2) is 486 Å². The first-order valence-corrected chi connectivity index (χ1v) is 52.9. The molecule has 23 fully saturated rings. The van der Waals surface area contributed by atoms with Gasteiger partial charge in [0.2, 0.25) is 5.91 Å². The number of nitrogens with zero attached hydrogens (tertiary/aromatic N) is 1. The van der Waals surface area contributed by atoms with Crippen molar-refractivity contribution in [1.82, 2.24) is 10.3 Å². The highest BCUT2D eigenvalue weighted by atomic mass is 32.2. The van der Waals surface area contributed by atoms with Gasteiger partial charge in [0.05, 0.1) is 135 Å². The molecule has 22 saturated heterocycles. The summed E-state index contributed by atoms with van der Waals surface area (Å²) in [4.78, 5) is 93.8. The molecule has 146 heavy (non-hydrogen) atoms. The van der Waals surface area contributed by atoms with Crippen LogP contribution < -0.4 is 11.1 Å². The summed E-state index contributed by atoms with van der Waals surface area (Å²) in [6, 6.07) is -0.319. The number of rotatable bonds is 35. The topological polar surface area (TPSA) is 776 Å². The number of hydrogen-bond donors (Lipinski definition) is 24. The van der Waals surface area contributed by atoms with E-state index in [-0.39, 0.29) is 117 Å². The van der Waals surface area contributed by atoms with Crippen molar-refractivity contribution in [3.05, 3.63) is 21.7 Å². The van der Waals surface area contributed by atoms with Gasteiger partial charge in [0.15, 0.2) is 37.7 Å². The smallest absolute Gasteiger partial charge is 0.307 e. The maximum atomic E-state index is 13.9. The van der Waals surface area contributed by atoms with Crippen molar-refractivity contribution in [1.29, 1.82) is 0 Å². The molecule has 0 radical (unpaired) electrons. The first-order chi connectivity index (χ1) is 69.2. The molecule has 0 aromatic carbocycles. The fourth-order valence-corrected chi connectivity index (χ4v) is 22.4. The molecular formula is C94H153N3O46S3. The van der Waals surface area contributed by atoms with Crippen LogP contribution in [0.2, 0.25) is 0 Å². The Kier molecular flexibility index (Phi) is 48.4. The van der Waals surface area contributed by atoms with Crippen LogP contribution in [0.3, 0.4) is 0 Å². The standard InChI is InChI=1S/C61H100O40S2.C33H53N3O6S/c1-3-22(54(83)84)17-102-20-32-53-40(76)46(82)61(95-32)100-51-30(16-66)92-57(43(79)37(51)73)97-48-27(13-63)90-56(41(77)35(48)71)96-47-23(12-62)11-26(33(69)34(47)70)89-52-31(19-103-18-24(55(85)86)10-25(68)5-7-88-9-8-87-6-4-21(2)67)94-60(45(81)39(52)75)99-50-29(15-65)91-58(42(78)36(50)72)98-49-28(14-64)93-59(101-53)44(80)38(49)74;1-20-12-11-14-33(7)27(42-33)17-25(21(2)16-24-19-43-23(4)35-24)36-28(37)18-26(41-29(38)13-9-8-10-15-34)32(5,6)31(40)22(3)30(20)39/h22-24,26-53,56-66,69-82H,3-20H2,1-2H3,(H,83,84)(H,85,86);16,19-20,22,25-27,30,39H,8-15,17-18,34H2,1-7H3,(H,36,37)/b;21-16+/t22?,23?,24?,26-,27?,28?,29?,30?,31?,32?,33?,34+,35+,36+,37+,38+,39+,40+,41?,42?,43?,44?,45?,46?,47+,48+,49+,50+,51+,52+,53+,56+,57+,58+,59+,60+,61+;20-,22+,25-,26-,27-,30-,33+/m00/s1. The van der Waals surface area contributed by atoms with Crippen LogP contribution in [0.4, 0.5) is 0 Å². The van der Waals surface area contributed by atoms with Crippen LogP contribution in [-0.2, 0) is 114 Å². The predicted octanol–water partition coefficient (Wildman–Crippen LogP) is -5.79. The number of carbonyl (C=O) groups excluding carboxylic acids is 5. The summed E-state index contributed by atoms with van der Waals surface area (Å²) < 4.78 is 100. The van der Waals surface area contributed by atoms with Crippen molar-refractivity contribution in [3.63, 3.8) is 0 Å². The fourth-order valence-electron chi connectivity index (χ4n) is 19.4. The molecule has 25 N–H and O–H groups in total. The molecule has 838 valence electrons. The van der Waals surface area contributed by atoms with Gasteiger partial charge in [0, 0.05) is 78.9 Å². The van der Waals surface area contributed by atoms with Crippen molar-refractivity contribution < 1.29 is 226 Å². The number of esters is 1. The summed E-state index contributed by atoms with van der Waals surface area (Å²) in [7, 11) is 0. The summed E-state index contributed by atoms with van der Waals surface area (Å²) >= 11 is 3.34. The molecule has 1 saturated carbocycles. The number of hydrogen-bond acceptors (Lipinski definition) is 49. The lowest BCUT2D eigenvalue weighted by Crippen LogP contribution is -2.68. The fraction of sp³-hybridized carbons (Fsp3) is 0.872. The largest absolute Gasteiger partial charge is 0.481 e. The molecule has 23 heterocycles. The van der Waals surface area contributed by atoms with Crippen molar-refractivity contribution in [2.24, 2.45) is 40.7 Å². The normalized spacial score (nSPS) is 41.2. The number of aliphatic hydroxyl groups is 20. The molecule has 16 unspecified atom stereocenters. The molecule has 44 atom stereocenters. The summed E-state index contributed by atoms with van der Waals surface area (Å²) in [6.45, 7) is 11.8. The zero-order valence-electron chi connectivity index (χ0n) is 83.2. The van der Waals surface area contributed by atoms with E-state index in [1.54, 1.807) is 39.0 Å². The lowest BCUT2D eigenvalue weighted by molar-refractivity contribution is -0.394. The third-order valence-corrected chi connectivity index (χ3v) is 31.9. The average molecular weight is 2160 g/mol. The maximum Gasteiger partial charge on any atom is 0.307 e. The number of carboxylic acids is 2. The Morgan fingerprint density at radius 2 is 0.952 bits per heavy atom. The van der Waals surface area contributed by atoms with Gasteiger partial charge < -0.3 is 204 Å². The molecular weight excluding hydrogens is 2000 g/mol. The van der Waals surface area contributed by atoms with Gasteiger partial charge in [-0.25, -0.2) is 4.98 Å². The van der Waals surface area contributed by atoms with E-state index in [1.165, 1.54) is 6.92 Å². The number of ketones is 3. The van der Waals surface area contributed by atoms with Gasteiger partial charge in [-0.15, -0.1) is 11.3 Å². The number of aliphatic carboxylic acids is 2. The first kappa shape index (κ1) is 123. The monoisotopic (exact) mass is 2160 g/mol. The van der Waals surface area contributed by atoms with E-state index in [1.807, 2.05) is 32.2 Å². The Hall–Kier alpha value is -4.52. The summed E-state index contributed by atoms with van der Waals surface area (Å²) in [5.74, 6) is -9.67. The minimum Gasteiger partial charge on any atom is -0.481 e. The van der Waals surface area contributed by atoms with Gasteiger partial charge in [-0.05, 0) is 104 Å². The predicted molar refractivity (Wildman–Crippen MR) is 505 cm³/mol. The van der Waals surface area contributed by atoms with E-state index in [9.17, 15) is 146 Å². The van der Waals surface area contributed by atoms with E-state index in [4.69, 9.17) is 86.3 Å². The Morgan fingerprint density at radius 1 is 0.527 bits per heavy atom. The van der Waals surface area contributed by atoms with E-state index in [0.29, 0.717) is 19.4 Å². The SMILES string of the molecule is C/C(=C\c1csc(C)n1)[C@@H]1C[C@@H]2O[C@]2(C)CCC[C@H](C)[C@H](O)[C@@H](C)C(=O)C(C)(C)[C@@H](OC(=O)CCCCCN)CC(=O)N1.CCC(CSCC1O[C@@H]2O[C@@H]3C(CO)O[C@H](O[C@@H]4C(CO)O[C@H](O[C@@H]5C(CO)C[C@H](O[C@@H]6C(CSCC(CC(=O)CCOCCOCCC(C)=O)C(=O)O)O[C@H](O[C@@H]7C(CO)O[C@H](O[C@@H]8C(CO)O[C@H](O[C@H]1[C@H](O)C2O)C(O)[C@H]8O)C(O)[C@H]7O)C(O)[C@H]6O)C(O)[C@H]5O)C(O)[C@H]4O)C(O)[C@H]3O)C(=O)O. The van der Waals surface area contributed by atoms with Crippen molar-refractivity contribution >= 4 is 82.1 Å². The number of fused-ring (bicyclic) bond motifs is 1. The Morgan fingerprint density at radius 3 is 1.37 bits per heavy atom. The highest BCUT2D eigenvalue weighted by molar-refractivity contribution is 7.99. The third kappa shape index (κ3) is 31.9. The molecule has 1 aromatic heterocycles. The van der Waals surface area contributed by atoms with Crippen LogP contribution >= 0.6 is 34.9 Å². The number of aliphatic hydroxyl groups excluding tert-OH is 20. The average Bonchev–Trinajstić information content (AvgIpc) is 1.55. The number of nitrogens with two attached hydrogens (primary N) is 1. The minimum atomic E-state index is -2.28. The Labute approximate surface area is 856 Å². The van der Waals surface area contributed by atoms with Crippen molar-refractivity contribution in [3.8, 4) is 0 Å². The van der Waals surface area contributed by atoms with Crippen molar-refractivity contribution in [2.75, 3.05) is 89.0 Å². The van der Waals surface area contributed by atoms with Gasteiger partial charge in [0.1, 0.15) is 170 Å². The van der Waals surface area contributed by atoms with Crippen LogP contribution in [0.1, 0.15) is 156 Å². The number of unbranched alkanes of at least 4 members (excludes halogenated alkanes) is 2. The Balaban J connectivity index is 0.000000422. The van der Waals surface area contributed by atoms with E-state index < -0.39 is 325 Å². The van der Waals surface area contributed by atoms with Crippen LogP contribution in [0.25, 0.3) is 6.08 Å². The third-order valence-electron chi connectivity index (χ3n) is 28.7. The summed E-state index contributed by atoms with van der Waals surface area (Å²) in [5.41, 5.74) is 5.88. The maximum absolute atomic E-state index is 13.9.